The van der Waals surface area contributed by atoms with E-state index >= 15 is 0 Å². The van der Waals surface area contributed by atoms with Crippen LogP contribution in [-0.2, 0) is 6.42 Å². The third-order valence-corrected chi connectivity index (χ3v) is 9.17. The fraction of sp³-hybridized carbons (Fsp3) is 0.444. The van der Waals surface area contributed by atoms with Gasteiger partial charge in [-0.1, -0.05) is 23.4 Å². The molecule has 6 rings (SSSR count). The van der Waals surface area contributed by atoms with E-state index in [2.05, 4.69) is 24.8 Å². The van der Waals surface area contributed by atoms with E-state index in [0.29, 0.717) is 5.02 Å². The summed E-state index contributed by atoms with van der Waals surface area (Å²) in [5.74, 6) is 2.36. The topological polar surface area (TPSA) is 74.6 Å². The van der Waals surface area contributed by atoms with Crippen molar-refractivity contribution >= 4 is 35.0 Å². The van der Waals surface area contributed by atoms with Gasteiger partial charge in [-0.2, -0.15) is 0 Å². The second kappa shape index (κ2) is 9.29. The van der Waals surface area contributed by atoms with Crippen LogP contribution in [-0.4, -0.2) is 57.4 Å². The molecule has 0 atom stereocenters. The van der Waals surface area contributed by atoms with E-state index < -0.39 is 5.60 Å². The number of aliphatic hydroxyl groups is 1. The zero-order valence-corrected chi connectivity index (χ0v) is 22.4. The lowest BCUT2D eigenvalue weighted by Gasteiger charge is -2.46. The highest BCUT2D eigenvalue weighted by atomic mass is 35.5. The lowest BCUT2D eigenvalue weighted by Crippen LogP contribution is -2.56. The summed E-state index contributed by atoms with van der Waals surface area (Å²) in [6.07, 6.45) is 7.78. The molecule has 2 aromatic heterocycles. The molecule has 0 bridgehead atoms. The molecule has 7 nitrogen and oxygen atoms in total. The first-order chi connectivity index (χ1) is 17.7. The van der Waals surface area contributed by atoms with Crippen molar-refractivity contribution in [1.29, 1.82) is 0 Å². The smallest absolute Gasteiger partial charge is 0.148 e. The van der Waals surface area contributed by atoms with E-state index in [0.717, 1.165) is 78.3 Å². The van der Waals surface area contributed by atoms with Gasteiger partial charge in [-0.3, -0.25) is 0 Å². The van der Waals surface area contributed by atoms with Crippen LogP contribution in [0, 0.1) is 11.7 Å². The van der Waals surface area contributed by atoms with Crippen LogP contribution in [0.15, 0.2) is 52.8 Å². The Labute approximate surface area is 225 Å². The Bertz CT molecular complexity index is 1310. The van der Waals surface area contributed by atoms with E-state index in [1.165, 1.54) is 17.8 Å². The quantitative estimate of drug-likeness (QED) is 0.484. The maximum absolute atomic E-state index is 13.6. The zero-order valence-electron chi connectivity index (χ0n) is 20.8. The summed E-state index contributed by atoms with van der Waals surface area (Å²) in [6.45, 7) is 6.74. The predicted molar refractivity (Wildman–Crippen MR) is 142 cm³/mol. The van der Waals surface area contributed by atoms with Crippen LogP contribution >= 0.6 is 23.4 Å². The maximum atomic E-state index is 13.6. The first kappa shape index (κ1) is 24.7. The predicted octanol–water partition coefficient (Wildman–Crippen LogP) is 5.00. The molecular weight excluding hydrogens is 513 g/mol. The molecule has 0 radical (unpaired) electrons. The number of benzene rings is 1. The number of fused-ring (bicyclic) bond motifs is 1. The molecule has 3 aliphatic rings. The average molecular weight is 542 g/mol. The number of rotatable bonds is 5. The maximum Gasteiger partial charge on any atom is 0.148 e. The van der Waals surface area contributed by atoms with E-state index in [-0.39, 0.29) is 17.3 Å². The van der Waals surface area contributed by atoms with Crippen molar-refractivity contribution in [2.24, 2.45) is 5.92 Å². The Kier molecular flexibility index (Phi) is 6.20. The minimum absolute atomic E-state index is 0.198. The summed E-state index contributed by atoms with van der Waals surface area (Å²) in [6, 6.07) is 6.67. The Balaban J connectivity index is 1.07. The first-order valence-electron chi connectivity index (χ1n) is 12.5. The Hall–Kier alpha value is -2.62. The molecule has 1 N–H and O–H groups in total. The van der Waals surface area contributed by atoms with Crippen LogP contribution in [0.5, 0.6) is 5.75 Å². The molecule has 0 aliphatic carbocycles. The molecular formula is C27H29ClFN5O2S. The van der Waals surface area contributed by atoms with Gasteiger partial charge in [0.2, 0.25) is 0 Å². The molecule has 3 aromatic rings. The number of anilines is 2. The van der Waals surface area contributed by atoms with Crippen LogP contribution in [0.2, 0.25) is 5.02 Å². The van der Waals surface area contributed by atoms with Crippen LogP contribution in [0.4, 0.5) is 16.0 Å². The van der Waals surface area contributed by atoms with E-state index in [4.69, 9.17) is 16.3 Å². The van der Waals surface area contributed by atoms with Gasteiger partial charge in [0.25, 0.3) is 0 Å². The van der Waals surface area contributed by atoms with Crippen LogP contribution in [0.25, 0.3) is 0 Å². The van der Waals surface area contributed by atoms with Gasteiger partial charge < -0.3 is 19.6 Å². The Morgan fingerprint density at radius 2 is 1.89 bits per heavy atom. The van der Waals surface area contributed by atoms with Crippen molar-refractivity contribution < 1.29 is 14.2 Å². The van der Waals surface area contributed by atoms with Crippen molar-refractivity contribution in [1.82, 2.24) is 15.0 Å². The fourth-order valence-corrected chi connectivity index (χ4v) is 6.37. The fourth-order valence-electron chi connectivity index (χ4n) is 5.28. The highest BCUT2D eigenvalue weighted by Crippen LogP contribution is 2.42. The highest BCUT2D eigenvalue weighted by Gasteiger charge is 2.42. The van der Waals surface area contributed by atoms with Gasteiger partial charge in [0.15, 0.2) is 0 Å². The van der Waals surface area contributed by atoms with Crippen LogP contribution in [0.3, 0.4) is 0 Å². The van der Waals surface area contributed by atoms with E-state index in [1.54, 1.807) is 30.7 Å². The second-order valence-corrected chi connectivity index (χ2v) is 12.2. The monoisotopic (exact) mass is 541 g/mol. The summed E-state index contributed by atoms with van der Waals surface area (Å²) >= 11 is 8.17. The largest absolute Gasteiger partial charge is 0.487 e. The first-order valence-corrected chi connectivity index (χ1v) is 13.7. The lowest BCUT2D eigenvalue weighted by molar-refractivity contribution is 0.00438. The molecule has 1 aromatic carbocycles. The van der Waals surface area contributed by atoms with Crippen LogP contribution in [0.1, 0.15) is 32.3 Å². The number of ether oxygens (including phenoxy) is 1. The molecule has 10 heteroatoms. The standard InChI is InChI=1S/C27H29ClFN5O2S/c1-26(2,35)18-15-34(16-18)25-24(28)21(5-8-30-25)37-23-14-31-22(13-32-23)33-9-6-27(7-10-33)12-17-11-19(29)3-4-20(17)36-27/h3-5,8,11,13-14,18,35H,6-7,9-10,12,15-16H2,1-2H3. The zero-order chi connectivity index (χ0) is 25.8. The molecule has 37 heavy (non-hydrogen) atoms. The SMILES string of the molecule is CC(C)(O)C1CN(c2nccc(Sc3cnc(N4CCC5(CC4)Cc4cc(F)ccc4O5)cn3)c2Cl)C1. The minimum Gasteiger partial charge on any atom is -0.487 e. The molecule has 0 amide bonds. The normalized spacial score (nSPS) is 19.1. The molecule has 3 aliphatic heterocycles. The summed E-state index contributed by atoms with van der Waals surface area (Å²) in [5.41, 5.74) is -0.00992. The van der Waals surface area contributed by atoms with Gasteiger partial charge >= 0.3 is 0 Å². The van der Waals surface area contributed by atoms with Crippen molar-refractivity contribution in [3.05, 3.63) is 59.3 Å². The Morgan fingerprint density at radius 3 is 2.59 bits per heavy atom. The van der Waals surface area contributed by atoms with Gasteiger partial charge in [0.05, 0.1) is 23.0 Å². The highest BCUT2D eigenvalue weighted by molar-refractivity contribution is 7.99. The number of hydrogen-bond acceptors (Lipinski definition) is 8. The average Bonchev–Trinajstić information content (AvgIpc) is 3.17. The van der Waals surface area contributed by atoms with Crippen molar-refractivity contribution in [3.8, 4) is 5.75 Å². The number of halogens is 2. The summed E-state index contributed by atoms with van der Waals surface area (Å²) in [5, 5.41) is 11.6. The molecule has 0 unspecified atom stereocenters. The Morgan fingerprint density at radius 1 is 1.11 bits per heavy atom. The molecule has 0 saturated carbocycles. The number of nitrogens with zero attached hydrogens (tertiary/aromatic N) is 5. The van der Waals surface area contributed by atoms with Crippen LogP contribution < -0.4 is 14.5 Å². The molecule has 2 saturated heterocycles. The number of pyridine rings is 1. The van der Waals surface area contributed by atoms with Crippen molar-refractivity contribution in [2.45, 2.75) is 54.2 Å². The van der Waals surface area contributed by atoms with Gasteiger partial charge in [-0.15, -0.1) is 0 Å². The number of piperidine rings is 1. The van der Waals surface area contributed by atoms with Gasteiger partial charge in [0, 0.05) is 68.0 Å². The number of aromatic nitrogens is 3. The molecule has 194 valence electrons. The molecule has 5 heterocycles. The lowest BCUT2D eigenvalue weighted by atomic mass is 9.84. The van der Waals surface area contributed by atoms with Gasteiger partial charge in [-0.05, 0) is 38.1 Å². The molecule has 1 spiro atoms. The summed E-state index contributed by atoms with van der Waals surface area (Å²) in [7, 11) is 0. The summed E-state index contributed by atoms with van der Waals surface area (Å²) in [4.78, 5) is 19.0. The third-order valence-electron chi connectivity index (χ3n) is 7.70. The number of hydrogen-bond donors (Lipinski definition) is 1. The van der Waals surface area contributed by atoms with E-state index in [9.17, 15) is 9.50 Å². The van der Waals surface area contributed by atoms with Gasteiger partial charge in [0.1, 0.15) is 33.8 Å². The minimum atomic E-state index is -0.712. The van der Waals surface area contributed by atoms with Crippen molar-refractivity contribution in [3.63, 3.8) is 0 Å². The second-order valence-electron chi connectivity index (χ2n) is 10.7. The van der Waals surface area contributed by atoms with Crippen molar-refractivity contribution in [2.75, 3.05) is 36.0 Å². The summed E-state index contributed by atoms with van der Waals surface area (Å²) < 4.78 is 19.9. The van der Waals surface area contributed by atoms with E-state index in [1.807, 2.05) is 19.9 Å². The third kappa shape index (κ3) is 4.84. The molecule has 2 fully saturated rings. The van der Waals surface area contributed by atoms with Gasteiger partial charge in [-0.25, -0.2) is 19.3 Å².